The second kappa shape index (κ2) is 7.35. The summed E-state index contributed by atoms with van der Waals surface area (Å²) in [5.41, 5.74) is 0.517. The van der Waals surface area contributed by atoms with Gasteiger partial charge in [0.25, 0.3) is 10.0 Å². The van der Waals surface area contributed by atoms with E-state index in [1.807, 2.05) is 6.92 Å². The summed E-state index contributed by atoms with van der Waals surface area (Å²) in [7, 11) is -1.66. The largest absolute Gasteiger partial charge is 0.465 e. The van der Waals surface area contributed by atoms with E-state index in [2.05, 4.69) is 14.2 Å². The molecule has 1 N–H and O–H groups in total. The number of sulfonamides is 1. The third-order valence-corrected chi connectivity index (χ3v) is 4.82. The minimum atomic E-state index is -3.95. The van der Waals surface area contributed by atoms with Crippen LogP contribution in [0.4, 0.5) is 5.69 Å². The van der Waals surface area contributed by atoms with Crippen LogP contribution < -0.4 is 4.72 Å². The van der Waals surface area contributed by atoms with Crippen LogP contribution in [0.5, 0.6) is 0 Å². The van der Waals surface area contributed by atoms with E-state index in [1.165, 1.54) is 30.3 Å². The fourth-order valence-electron chi connectivity index (χ4n) is 2.16. The van der Waals surface area contributed by atoms with Crippen LogP contribution in [0, 0.1) is 6.92 Å². The number of nitrogens with one attached hydrogen (secondary N) is 1. The molecule has 0 aromatic heterocycles. The molecule has 25 heavy (non-hydrogen) atoms. The molecule has 0 aliphatic heterocycles. The summed E-state index contributed by atoms with van der Waals surface area (Å²) in [6, 6.07) is 10.3. The number of methoxy groups -OCH3 is 2. The summed E-state index contributed by atoms with van der Waals surface area (Å²) < 4.78 is 36.7. The molecule has 132 valence electrons. The van der Waals surface area contributed by atoms with Gasteiger partial charge in [-0.2, -0.15) is 0 Å². The lowest BCUT2D eigenvalue weighted by Gasteiger charge is -2.14. The third kappa shape index (κ3) is 3.97. The maximum Gasteiger partial charge on any atom is 0.340 e. The fraction of sp³-hybridized carbons (Fsp3) is 0.176. The van der Waals surface area contributed by atoms with E-state index in [9.17, 15) is 18.0 Å². The van der Waals surface area contributed by atoms with E-state index in [1.54, 1.807) is 12.1 Å². The summed E-state index contributed by atoms with van der Waals surface area (Å²) in [6.07, 6.45) is 0. The highest BCUT2D eigenvalue weighted by molar-refractivity contribution is 7.92. The zero-order chi connectivity index (χ0) is 18.6. The maximum absolute atomic E-state index is 12.5. The second-order valence-corrected chi connectivity index (χ2v) is 6.81. The molecule has 0 aliphatic rings. The van der Waals surface area contributed by atoms with Gasteiger partial charge < -0.3 is 9.47 Å². The molecule has 0 saturated heterocycles. The fourth-order valence-corrected chi connectivity index (χ4v) is 3.23. The Balaban J connectivity index is 2.53. The normalized spacial score (nSPS) is 10.8. The molecule has 7 nitrogen and oxygen atoms in total. The zero-order valence-electron chi connectivity index (χ0n) is 13.9. The van der Waals surface area contributed by atoms with Crippen molar-refractivity contribution in [2.75, 3.05) is 18.9 Å². The topological polar surface area (TPSA) is 98.8 Å². The van der Waals surface area contributed by atoms with Crippen LogP contribution in [-0.4, -0.2) is 34.6 Å². The van der Waals surface area contributed by atoms with Crippen molar-refractivity contribution in [1.82, 2.24) is 0 Å². The van der Waals surface area contributed by atoms with Crippen LogP contribution in [0.2, 0.25) is 0 Å². The summed E-state index contributed by atoms with van der Waals surface area (Å²) in [4.78, 5) is 24.0. The van der Waals surface area contributed by atoms with Gasteiger partial charge in [0.2, 0.25) is 0 Å². The van der Waals surface area contributed by atoms with Crippen LogP contribution in [0.1, 0.15) is 26.3 Å². The predicted octanol–water partition coefficient (Wildman–Crippen LogP) is 2.37. The van der Waals surface area contributed by atoms with Crippen molar-refractivity contribution in [1.29, 1.82) is 0 Å². The van der Waals surface area contributed by atoms with Crippen molar-refractivity contribution in [3.8, 4) is 0 Å². The Labute approximate surface area is 145 Å². The minimum Gasteiger partial charge on any atom is -0.465 e. The molecular formula is C17H17NO6S. The number of ether oxygens (including phenoxy) is 2. The van der Waals surface area contributed by atoms with E-state index in [0.29, 0.717) is 0 Å². The number of hydrogen-bond donors (Lipinski definition) is 1. The second-order valence-electron chi connectivity index (χ2n) is 5.13. The Kier molecular flexibility index (Phi) is 5.43. The zero-order valence-corrected chi connectivity index (χ0v) is 14.7. The molecule has 0 aliphatic carbocycles. The Morgan fingerprint density at radius 1 is 0.920 bits per heavy atom. The maximum atomic E-state index is 12.5. The van der Waals surface area contributed by atoms with Gasteiger partial charge in [-0.3, -0.25) is 4.72 Å². The van der Waals surface area contributed by atoms with Crippen LogP contribution in [0.3, 0.4) is 0 Å². The van der Waals surface area contributed by atoms with Crippen molar-refractivity contribution in [2.24, 2.45) is 0 Å². The minimum absolute atomic E-state index is 0.0254. The van der Waals surface area contributed by atoms with Crippen molar-refractivity contribution < 1.29 is 27.5 Å². The molecule has 0 atom stereocenters. The number of anilines is 1. The summed E-state index contributed by atoms with van der Waals surface area (Å²) in [5.74, 6) is -1.64. The number of aryl methyl sites for hydroxylation is 1. The first-order chi connectivity index (χ1) is 11.8. The van der Waals surface area contributed by atoms with Crippen LogP contribution in [-0.2, 0) is 19.5 Å². The lowest BCUT2D eigenvalue weighted by Crippen LogP contribution is -2.19. The first-order valence-electron chi connectivity index (χ1n) is 7.19. The van der Waals surface area contributed by atoms with Gasteiger partial charge in [0, 0.05) is 0 Å². The number of benzene rings is 2. The Bertz CT molecular complexity index is 903. The van der Waals surface area contributed by atoms with E-state index in [0.717, 1.165) is 19.8 Å². The number of esters is 2. The number of carbonyl (C=O) groups is 2. The molecule has 2 aromatic carbocycles. The highest BCUT2D eigenvalue weighted by Crippen LogP contribution is 2.25. The SMILES string of the molecule is COC(=O)c1cccc(NS(=O)(=O)c2ccc(C)cc2)c1C(=O)OC. The smallest absolute Gasteiger partial charge is 0.340 e. The molecular weight excluding hydrogens is 346 g/mol. The molecule has 0 unspecified atom stereocenters. The van der Waals surface area contributed by atoms with Gasteiger partial charge in [-0.15, -0.1) is 0 Å². The van der Waals surface area contributed by atoms with Gasteiger partial charge in [0.15, 0.2) is 0 Å². The standard InChI is InChI=1S/C17H17NO6S/c1-11-7-9-12(10-8-11)25(21,22)18-14-6-4-5-13(16(19)23-2)15(14)17(20)24-3/h4-10,18H,1-3H3. The summed E-state index contributed by atoms with van der Waals surface area (Å²) in [6.45, 7) is 1.83. The lowest BCUT2D eigenvalue weighted by atomic mass is 10.1. The van der Waals surface area contributed by atoms with Crippen molar-refractivity contribution >= 4 is 27.6 Å². The predicted molar refractivity (Wildman–Crippen MR) is 91.1 cm³/mol. The molecule has 0 radical (unpaired) electrons. The van der Waals surface area contributed by atoms with Gasteiger partial charge in [0.05, 0.1) is 35.9 Å². The molecule has 0 bridgehead atoms. The molecule has 0 spiro atoms. The first kappa shape index (κ1) is 18.5. The summed E-state index contributed by atoms with van der Waals surface area (Å²) in [5, 5.41) is 0. The van der Waals surface area contributed by atoms with Gasteiger partial charge >= 0.3 is 11.9 Å². The third-order valence-electron chi connectivity index (χ3n) is 3.43. The highest BCUT2D eigenvalue weighted by Gasteiger charge is 2.25. The van der Waals surface area contributed by atoms with E-state index in [4.69, 9.17) is 0 Å². The molecule has 0 saturated carbocycles. The van der Waals surface area contributed by atoms with Crippen LogP contribution in [0.15, 0.2) is 47.4 Å². The van der Waals surface area contributed by atoms with E-state index in [-0.39, 0.29) is 21.7 Å². The number of carbonyl (C=O) groups excluding carboxylic acids is 2. The number of rotatable bonds is 5. The van der Waals surface area contributed by atoms with Crippen LogP contribution >= 0.6 is 0 Å². The average molecular weight is 363 g/mol. The van der Waals surface area contributed by atoms with E-state index < -0.39 is 22.0 Å². The quantitative estimate of drug-likeness (QED) is 0.819. The van der Waals surface area contributed by atoms with Crippen molar-refractivity contribution in [3.63, 3.8) is 0 Å². The van der Waals surface area contributed by atoms with Gasteiger partial charge in [-0.05, 0) is 31.2 Å². The monoisotopic (exact) mass is 363 g/mol. The first-order valence-corrected chi connectivity index (χ1v) is 8.67. The molecule has 0 heterocycles. The molecule has 2 rings (SSSR count). The lowest BCUT2D eigenvalue weighted by molar-refractivity contribution is 0.0556. The molecule has 0 fully saturated rings. The van der Waals surface area contributed by atoms with Gasteiger partial charge in [-0.25, -0.2) is 18.0 Å². The Morgan fingerprint density at radius 3 is 2.08 bits per heavy atom. The molecule has 0 amide bonds. The Morgan fingerprint density at radius 2 is 1.52 bits per heavy atom. The van der Waals surface area contributed by atoms with Crippen molar-refractivity contribution in [2.45, 2.75) is 11.8 Å². The Hall–Kier alpha value is -2.87. The van der Waals surface area contributed by atoms with Crippen LogP contribution in [0.25, 0.3) is 0 Å². The van der Waals surface area contributed by atoms with E-state index >= 15 is 0 Å². The van der Waals surface area contributed by atoms with Gasteiger partial charge in [0.1, 0.15) is 0 Å². The summed E-state index contributed by atoms with van der Waals surface area (Å²) >= 11 is 0. The molecule has 2 aromatic rings. The van der Waals surface area contributed by atoms with Crippen molar-refractivity contribution in [3.05, 3.63) is 59.2 Å². The van der Waals surface area contributed by atoms with Gasteiger partial charge in [-0.1, -0.05) is 23.8 Å². The number of hydrogen-bond acceptors (Lipinski definition) is 6. The molecule has 8 heteroatoms. The average Bonchev–Trinajstić information content (AvgIpc) is 2.60. The highest BCUT2D eigenvalue weighted by atomic mass is 32.2.